The number of halogens is 1. The van der Waals surface area contributed by atoms with Crippen LogP contribution in [0.15, 0.2) is 54.6 Å². The summed E-state index contributed by atoms with van der Waals surface area (Å²) < 4.78 is 47.1. The van der Waals surface area contributed by atoms with Gasteiger partial charge in [-0.05, 0) is 43.7 Å². The molecule has 0 saturated carbocycles. The van der Waals surface area contributed by atoms with Crippen LogP contribution in [0.2, 0.25) is 0 Å². The smallest absolute Gasteiger partial charge is 0.374 e. The third kappa shape index (κ3) is 6.93. The van der Waals surface area contributed by atoms with Crippen LogP contribution in [0.4, 0.5) is 4.39 Å². The van der Waals surface area contributed by atoms with Gasteiger partial charge in [0.2, 0.25) is 0 Å². The molecule has 2 rings (SSSR count). The predicted molar refractivity (Wildman–Crippen MR) is 103 cm³/mol. The van der Waals surface area contributed by atoms with Crippen LogP contribution >= 0.6 is 7.82 Å². The number of hydrogen-bond acceptors (Lipinski definition) is 6. The number of benzene rings is 2. The van der Waals surface area contributed by atoms with Gasteiger partial charge >= 0.3 is 7.82 Å². The molecule has 0 amide bonds. The van der Waals surface area contributed by atoms with Gasteiger partial charge in [-0.1, -0.05) is 30.3 Å². The normalized spacial score (nSPS) is 12.7. The maximum absolute atomic E-state index is 13.2. The highest BCUT2D eigenvalue weighted by molar-refractivity contribution is 7.48. The molecule has 0 aromatic heterocycles. The highest BCUT2D eigenvalue weighted by atomic mass is 31.2. The summed E-state index contributed by atoms with van der Waals surface area (Å²) in [6, 6.07) is 14.4. The van der Waals surface area contributed by atoms with Crippen LogP contribution in [-0.2, 0) is 29.5 Å². The van der Waals surface area contributed by atoms with E-state index >= 15 is 0 Å². The van der Waals surface area contributed by atoms with Crippen LogP contribution in [0, 0.1) is 5.82 Å². The van der Waals surface area contributed by atoms with Crippen LogP contribution in [-0.4, -0.2) is 31.7 Å². The predicted octanol–water partition coefficient (Wildman–Crippen LogP) is 4.79. The lowest BCUT2D eigenvalue weighted by Gasteiger charge is -2.22. The first-order valence-electron chi connectivity index (χ1n) is 8.96. The lowest BCUT2D eigenvalue weighted by molar-refractivity contribution is 0.0154. The Bertz CT molecular complexity index is 771. The van der Waals surface area contributed by atoms with Gasteiger partial charge in [0.15, 0.2) is 11.9 Å². The van der Waals surface area contributed by atoms with Crippen molar-refractivity contribution in [2.24, 2.45) is 0 Å². The van der Waals surface area contributed by atoms with Gasteiger partial charge in [-0.2, -0.15) is 0 Å². The number of ketones is 1. The molecule has 2 aromatic carbocycles. The zero-order valence-corrected chi connectivity index (χ0v) is 16.8. The van der Waals surface area contributed by atoms with E-state index in [0.29, 0.717) is 0 Å². The van der Waals surface area contributed by atoms with Gasteiger partial charge < -0.3 is 4.74 Å². The standard InChI is InChI=1S/C20H24FO6P/c1-3-25-28(23,26-4-2)27-19(15-24-14-16-8-6-5-7-9-16)20(22)17-10-12-18(21)13-11-17/h5-13,19H,3-4,14-15H2,1-2H3. The lowest BCUT2D eigenvalue weighted by Crippen LogP contribution is -2.29. The number of Topliss-reactive ketones (excluding diaryl/α,β-unsaturated/α-hetero) is 1. The number of carbonyl (C=O) groups is 1. The Labute approximate surface area is 164 Å². The summed E-state index contributed by atoms with van der Waals surface area (Å²) in [7, 11) is -3.95. The van der Waals surface area contributed by atoms with Crippen LogP contribution in [0.1, 0.15) is 29.8 Å². The molecule has 8 heteroatoms. The largest absolute Gasteiger partial charge is 0.475 e. The van der Waals surface area contributed by atoms with Crippen molar-refractivity contribution in [1.29, 1.82) is 0 Å². The Balaban J connectivity index is 2.14. The lowest BCUT2D eigenvalue weighted by atomic mass is 10.1. The quantitative estimate of drug-likeness (QED) is 0.370. The fourth-order valence-corrected chi connectivity index (χ4v) is 3.68. The van der Waals surface area contributed by atoms with Crippen LogP contribution in [0.25, 0.3) is 0 Å². The van der Waals surface area contributed by atoms with E-state index < -0.39 is 25.5 Å². The highest BCUT2D eigenvalue weighted by Gasteiger charge is 2.34. The molecule has 0 heterocycles. The second-order valence-electron chi connectivity index (χ2n) is 5.75. The fourth-order valence-electron chi connectivity index (χ4n) is 2.38. The maximum atomic E-state index is 13.2. The summed E-state index contributed by atoms with van der Waals surface area (Å²) >= 11 is 0. The van der Waals surface area contributed by atoms with E-state index in [4.69, 9.17) is 18.3 Å². The number of phosphoric ester groups is 1. The maximum Gasteiger partial charge on any atom is 0.475 e. The highest BCUT2D eigenvalue weighted by Crippen LogP contribution is 2.50. The first-order valence-corrected chi connectivity index (χ1v) is 10.4. The summed E-state index contributed by atoms with van der Waals surface area (Å²) in [4.78, 5) is 12.8. The molecule has 28 heavy (non-hydrogen) atoms. The second-order valence-corrected chi connectivity index (χ2v) is 7.37. The van der Waals surface area contributed by atoms with Crippen molar-refractivity contribution in [3.63, 3.8) is 0 Å². The number of rotatable bonds is 12. The molecular formula is C20H24FO6P. The van der Waals surface area contributed by atoms with E-state index in [9.17, 15) is 13.8 Å². The molecular weight excluding hydrogens is 386 g/mol. The molecule has 0 saturated heterocycles. The van der Waals surface area contributed by atoms with E-state index in [-0.39, 0.29) is 32.0 Å². The Morgan fingerprint density at radius 1 is 1.00 bits per heavy atom. The van der Waals surface area contributed by atoms with Crippen molar-refractivity contribution >= 4 is 13.6 Å². The SMILES string of the molecule is CCOP(=O)(OCC)OC(COCc1ccccc1)C(=O)c1ccc(F)cc1. The van der Waals surface area contributed by atoms with Gasteiger partial charge in [-0.25, -0.2) is 8.96 Å². The van der Waals surface area contributed by atoms with E-state index in [1.165, 1.54) is 24.3 Å². The molecule has 0 radical (unpaired) electrons. The van der Waals surface area contributed by atoms with Crippen molar-refractivity contribution < 1.29 is 32.1 Å². The van der Waals surface area contributed by atoms with Gasteiger partial charge in [-0.15, -0.1) is 0 Å². The molecule has 0 fully saturated rings. The Morgan fingerprint density at radius 2 is 1.61 bits per heavy atom. The molecule has 6 nitrogen and oxygen atoms in total. The van der Waals surface area contributed by atoms with Gasteiger partial charge in [0.1, 0.15) is 5.82 Å². The van der Waals surface area contributed by atoms with E-state index in [2.05, 4.69) is 0 Å². The molecule has 2 aromatic rings. The molecule has 0 aliphatic heterocycles. The summed E-state index contributed by atoms with van der Waals surface area (Å²) in [6.07, 6.45) is -1.24. The van der Waals surface area contributed by atoms with Crippen LogP contribution in [0.5, 0.6) is 0 Å². The second kappa shape index (κ2) is 11.2. The van der Waals surface area contributed by atoms with E-state index in [1.54, 1.807) is 13.8 Å². The first kappa shape index (κ1) is 22.4. The zero-order chi connectivity index (χ0) is 20.4. The third-order valence-corrected chi connectivity index (χ3v) is 5.29. The molecule has 0 aliphatic carbocycles. The number of carbonyl (C=O) groups excluding carboxylic acids is 1. The third-order valence-electron chi connectivity index (χ3n) is 3.63. The Morgan fingerprint density at radius 3 is 2.18 bits per heavy atom. The first-order chi connectivity index (χ1) is 13.5. The molecule has 0 N–H and O–H groups in total. The fraction of sp³-hybridized carbons (Fsp3) is 0.350. The minimum Gasteiger partial charge on any atom is -0.374 e. The van der Waals surface area contributed by atoms with Gasteiger partial charge in [0, 0.05) is 5.56 Å². The van der Waals surface area contributed by atoms with Gasteiger partial charge in [0.05, 0.1) is 26.4 Å². The number of hydrogen-bond donors (Lipinski definition) is 0. The van der Waals surface area contributed by atoms with Crippen molar-refractivity contribution in [2.45, 2.75) is 26.6 Å². The van der Waals surface area contributed by atoms with Gasteiger partial charge in [0.25, 0.3) is 0 Å². The number of ether oxygens (including phenoxy) is 1. The van der Waals surface area contributed by atoms with Crippen LogP contribution < -0.4 is 0 Å². The minimum absolute atomic E-state index is 0.0829. The zero-order valence-electron chi connectivity index (χ0n) is 15.9. The van der Waals surface area contributed by atoms with Gasteiger partial charge in [-0.3, -0.25) is 18.4 Å². The topological polar surface area (TPSA) is 71.1 Å². The summed E-state index contributed by atoms with van der Waals surface area (Å²) in [5.74, 6) is -0.976. The molecule has 1 atom stereocenters. The van der Waals surface area contributed by atoms with Crippen LogP contribution in [0.3, 0.4) is 0 Å². The number of phosphoric acid groups is 1. The Kier molecular flexibility index (Phi) is 8.96. The van der Waals surface area contributed by atoms with Crippen molar-refractivity contribution in [3.05, 3.63) is 71.5 Å². The van der Waals surface area contributed by atoms with Crippen molar-refractivity contribution in [3.8, 4) is 0 Å². The average molecular weight is 410 g/mol. The van der Waals surface area contributed by atoms with E-state index in [1.807, 2.05) is 30.3 Å². The summed E-state index contributed by atoms with van der Waals surface area (Å²) in [5.41, 5.74) is 1.11. The van der Waals surface area contributed by atoms with Crippen molar-refractivity contribution in [1.82, 2.24) is 0 Å². The average Bonchev–Trinajstić information content (AvgIpc) is 2.68. The molecule has 1 unspecified atom stereocenters. The molecule has 0 aliphatic rings. The molecule has 0 spiro atoms. The van der Waals surface area contributed by atoms with Crippen molar-refractivity contribution in [2.75, 3.05) is 19.8 Å². The molecule has 0 bridgehead atoms. The minimum atomic E-state index is -3.95. The van der Waals surface area contributed by atoms with E-state index in [0.717, 1.165) is 5.56 Å². The Hall–Kier alpha value is -1.89. The monoisotopic (exact) mass is 410 g/mol. The summed E-state index contributed by atoms with van der Waals surface area (Å²) in [6.45, 7) is 3.51. The summed E-state index contributed by atoms with van der Waals surface area (Å²) in [5, 5.41) is 0. The molecule has 152 valence electrons.